The van der Waals surface area contributed by atoms with E-state index in [9.17, 15) is 8.42 Å². The number of hydrogen-bond donors (Lipinski definition) is 1. The molecule has 0 aromatic heterocycles. The Hall–Kier alpha value is -0.130. The maximum atomic E-state index is 11.8. The van der Waals surface area contributed by atoms with Crippen molar-refractivity contribution in [1.29, 1.82) is 0 Å². The molecule has 4 nitrogen and oxygen atoms in total. The summed E-state index contributed by atoms with van der Waals surface area (Å²) in [7, 11) is -2.88. The van der Waals surface area contributed by atoms with E-state index in [4.69, 9.17) is 4.74 Å². The van der Waals surface area contributed by atoms with Crippen molar-refractivity contribution < 1.29 is 13.2 Å². The van der Waals surface area contributed by atoms with Gasteiger partial charge in [-0.05, 0) is 32.2 Å². The van der Waals surface area contributed by atoms with Crippen molar-refractivity contribution in [3.05, 3.63) is 0 Å². The molecule has 1 atom stereocenters. The van der Waals surface area contributed by atoms with Crippen molar-refractivity contribution >= 4 is 9.84 Å². The molecule has 108 valence electrons. The predicted molar refractivity (Wildman–Crippen MR) is 74.6 cm³/mol. The molecule has 0 spiro atoms. The molecule has 0 bridgehead atoms. The maximum absolute atomic E-state index is 11.8. The number of nitrogens with one attached hydrogen (secondary N) is 1. The van der Waals surface area contributed by atoms with E-state index in [2.05, 4.69) is 12.2 Å². The fraction of sp³-hybridized carbons (Fsp3) is 1.00. The van der Waals surface area contributed by atoms with Crippen molar-refractivity contribution in [2.75, 3.05) is 37.8 Å². The van der Waals surface area contributed by atoms with Gasteiger partial charge in [-0.2, -0.15) is 0 Å². The van der Waals surface area contributed by atoms with Gasteiger partial charge in [0.2, 0.25) is 0 Å². The highest BCUT2D eigenvalue weighted by Gasteiger charge is 2.33. The molecule has 0 aromatic rings. The van der Waals surface area contributed by atoms with E-state index in [0.29, 0.717) is 24.5 Å². The molecule has 0 saturated carbocycles. The van der Waals surface area contributed by atoms with Gasteiger partial charge in [-0.3, -0.25) is 0 Å². The Morgan fingerprint density at radius 3 is 2.61 bits per heavy atom. The summed E-state index contributed by atoms with van der Waals surface area (Å²) in [4.78, 5) is 0. The number of sulfone groups is 1. The van der Waals surface area contributed by atoms with E-state index in [0.717, 1.165) is 39.0 Å². The van der Waals surface area contributed by atoms with Crippen molar-refractivity contribution in [1.82, 2.24) is 5.32 Å². The molecule has 1 aliphatic rings. The average Bonchev–Trinajstić information content (AvgIpc) is 2.36. The molecular formula is C13H27NO3S. The summed E-state index contributed by atoms with van der Waals surface area (Å²) in [6.07, 6.45) is 3.54. The van der Waals surface area contributed by atoms with Crippen LogP contribution in [0.2, 0.25) is 0 Å². The lowest BCUT2D eigenvalue weighted by molar-refractivity contribution is -0.00868. The Labute approximate surface area is 111 Å². The minimum absolute atomic E-state index is 0.0229. The van der Waals surface area contributed by atoms with Gasteiger partial charge in [0.1, 0.15) is 9.84 Å². The summed E-state index contributed by atoms with van der Waals surface area (Å²) in [5.74, 6) is 0.612. The molecule has 1 heterocycles. The zero-order valence-corrected chi connectivity index (χ0v) is 12.5. The highest BCUT2D eigenvalue weighted by Crippen LogP contribution is 2.32. The summed E-state index contributed by atoms with van der Waals surface area (Å²) in [5, 5.41) is 3.35. The lowest BCUT2D eigenvalue weighted by Crippen LogP contribution is -2.42. The topological polar surface area (TPSA) is 55.4 Å². The molecule has 0 aromatic carbocycles. The van der Waals surface area contributed by atoms with E-state index >= 15 is 0 Å². The third kappa shape index (κ3) is 5.24. The van der Waals surface area contributed by atoms with Crippen LogP contribution in [0.15, 0.2) is 0 Å². The van der Waals surface area contributed by atoms with Crippen molar-refractivity contribution in [3.8, 4) is 0 Å². The first-order chi connectivity index (χ1) is 8.54. The van der Waals surface area contributed by atoms with Crippen LogP contribution in [0.1, 0.15) is 39.5 Å². The van der Waals surface area contributed by atoms with Crippen LogP contribution in [0.3, 0.4) is 0 Å². The van der Waals surface area contributed by atoms with Gasteiger partial charge in [0.15, 0.2) is 0 Å². The van der Waals surface area contributed by atoms with Crippen LogP contribution >= 0.6 is 0 Å². The summed E-state index contributed by atoms with van der Waals surface area (Å²) in [5.41, 5.74) is 0.0229. The zero-order valence-electron chi connectivity index (χ0n) is 11.7. The van der Waals surface area contributed by atoms with Gasteiger partial charge in [-0.25, -0.2) is 8.42 Å². The summed E-state index contributed by atoms with van der Waals surface area (Å²) < 4.78 is 29.2. The van der Waals surface area contributed by atoms with Crippen molar-refractivity contribution in [2.45, 2.75) is 39.5 Å². The first-order valence-electron chi connectivity index (χ1n) is 7.02. The SMILES string of the molecule is CCCS(=O)(=O)CCC1(CNCC)CCCOC1. The third-order valence-electron chi connectivity index (χ3n) is 3.61. The second kappa shape index (κ2) is 7.46. The van der Waals surface area contributed by atoms with Crippen molar-refractivity contribution in [2.24, 2.45) is 5.41 Å². The standard InChI is InChI=1S/C13H27NO3S/c1-3-9-18(15,16)10-7-13(11-14-4-2)6-5-8-17-12-13/h14H,3-12H2,1-2H3. The van der Waals surface area contributed by atoms with Gasteiger partial charge in [0.25, 0.3) is 0 Å². The molecule has 1 rings (SSSR count). The molecule has 0 aliphatic carbocycles. The molecule has 1 fully saturated rings. The average molecular weight is 277 g/mol. The lowest BCUT2D eigenvalue weighted by Gasteiger charge is -2.37. The Bertz CT molecular complexity index is 321. The largest absolute Gasteiger partial charge is 0.381 e. The molecule has 0 amide bonds. The van der Waals surface area contributed by atoms with Gasteiger partial charge in [-0.1, -0.05) is 13.8 Å². The van der Waals surface area contributed by atoms with Crippen LogP contribution in [-0.4, -0.2) is 46.2 Å². The number of rotatable bonds is 8. The first-order valence-corrected chi connectivity index (χ1v) is 8.84. The molecular weight excluding hydrogens is 250 g/mol. The maximum Gasteiger partial charge on any atom is 0.150 e. The minimum atomic E-state index is -2.88. The smallest absolute Gasteiger partial charge is 0.150 e. The van der Waals surface area contributed by atoms with Gasteiger partial charge in [0.05, 0.1) is 12.4 Å². The van der Waals surface area contributed by atoms with Crippen LogP contribution in [-0.2, 0) is 14.6 Å². The lowest BCUT2D eigenvalue weighted by atomic mass is 9.80. The fourth-order valence-electron chi connectivity index (χ4n) is 2.51. The Morgan fingerprint density at radius 1 is 1.28 bits per heavy atom. The molecule has 1 N–H and O–H groups in total. The summed E-state index contributed by atoms with van der Waals surface area (Å²) >= 11 is 0. The Balaban J connectivity index is 2.55. The highest BCUT2D eigenvalue weighted by molar-refractivity contribution is 7.91. The van der Waals surface area contributed by atoms with Crippen LogP contribution in [0.5, 0.6) is 0 Å². The number of ether oxygens (including phenoxy) is 1. The quantitative estimate of drug-likeness (QED) is 0.732. The highest BCUT2D eigenvalue weighted by atomic mass is 32.2. The van der Waals surface area contributed by atoms with E-state index < -0.39 is 9.84 Å². The van der Waals surface area contributed by atoms with Crippen LogP contribution in [0.25, 0.3) is 0 Å². The second-order valence-electron chi connectivity index (χ2n) is 5.34. The molecule has 1 unspecified atom stereocenters. The van der Waals surface area contributed by atoms with Gasteiger partial charge in [0, 0.05) is 24.3 Å². The van der Waals surface area contributed by atoms with Gasteiger partial charge < -0.3 is 10.1 Å². The van der Waals surface area contributed by atoms with E-state index in [1.807, 2.05) is 6.92 Å². The van der Waals surface area contributed by atoms with Crippen LogP contribution in [0, 0.1) is 5.41 Å². The first kappa shape index (κ1) is 15.9. The monoisotopic (exact) mass is 277 g/mol. The van der Waals surface area contributed by atoms with Gasteiger partial charge in [-0.15, -0.1) is 0 Å². The number of hydrogen-bond acceptors (Lipinski definition) is 4. The second-order valence-corrected chi connectivity index (χ2v) is 7.64. The van der Waals surface area contributed by atoms with Crippen LogP contribution in [0.4, 0.5) is 0 Å². The zero-order chi connectivity index (χ0) is 13.5. The van der Waals surface area contributed by atoms with Crippen LogP contribution < -0.4 is 5.32 Å². The van der Waals surface area contributed by atoms with E-state index in [-0.39, 0.29) is 5.41 Å². The molecule has 0 radical (unpaired) electrons. The van der Waals surface area contributed by atoms with E-state index in [1.54, 1.807) is 0 Å². The molecule has 1 aliphatic heterocycles. The predicted octanol–water partition coefficient (Wildman–Crippen LogP) is 1.61. The summed E-state index contributed by atoms with van der Waals surface area (Å²) in [6, 6.07) is 0. The third-order valence-corrected chi connectivity index (χ3v) is 5.47. The summed E-state index contributed by atoms with van der Waals surface area (Å²) in [6.45, 7) is 7.28. The molecule has 18 heavy (non-hydrogen) atoms. The van der Waals surface area contributed by atoms with Crippen molar-refractivity contribution in [3.63, 3.8) is 0 Å². The Morgan fingerprint density at radius 2 is 2.06 bits per heavy atom. The molecule has 5 heteroatoms. The van der Waals surface area contributed by atoms with E-state index in [1.165, 1.54) is 0 Å². The Kier molecular flexibility index (Phi) is 6.60. The molecule has 1 saturated heterocycles. The van der Waals surface area contributed by atoms with Gasteiger partial charge >= 0.3 is 0 Å². The normalized spacial score (nSPS) is 25.2. The minimum Gasteiger partial charge on any atom is -0.381 e. The fourth-order valence-corrected chi connectivity index (χ4v) is 4.08.